The molecule has 0 aliphatic heterocycles. The molecule has 0 saturated heterocycles. The highest BCUT2D eigenvalue weighted by Crippen LogP contribution is 2.18. The van der Waals surface area contributed by atoms with Gasteiger partial charge in [-0.15, -0.1) is 0 Å². The van der Waals surface area contributed by atoms with Crippen LogP contribution < -0.4 is 10.0 Å². The Morgan fingerprint density at radius 1 is 1.11 bits per heavy atom. The Labute approximate surface area is 118 Å². The van der Waals surface area contributed by atoms with Gasteiger partial charge in [0.15, 0.2) is 0 Å². The summed E-state index contributed by atoms with van der Waals surface area (Å²) in [7, 11) is -3.18. The fourth-order valence-corrected chi connectivity index (χ4v) is 3.78. The molecule has 1 fully saturated rings. The first-order valence-electron chi connectivity index (χ1n) is 7.78. The third-order valence-electron chi connectivity index (χ3n) is 3.82. The van der Waals surface area contributed by atoms with E-state index in [1.165, 1.54) is 19.3 Å². The zero-order valence-electron chi connectivity index (χ0n) is 12.5. The summed E-state index contributed by atoms with van der Waals surface area (Å²) in [5.41, 5.74) is 0. The van der Waals surface area contributed by atoms with E-state index in [1.807, 2.05) is 0 Å². The average molecular weight is 290 g/mol. The van der Waals surface area contributed by atoms with Crippen LogP contribution in [0.15, 0.2) is 0 Å². The van der Waals surface area contributed by atoms with Gasteiger partial charge in [0.2, 0.25) is 10.0 Å². The highest BCUT2D eigenvalue weighted by atomic mass is 32.2. The molecular formula is C14H30N2O2S. The first kappa shape index (κ1) is 16.9. The molecule has 5 heteroatoms. The monoisotopic (exact) mass is 290 g/mol. The van der Waals surface area contributed by atoms with Gasteiger partial charge < -0.3 is 5.32 Å². The summed E-state index contributed by atoms with van der Waals surface area (Å²) in [5.74, 6) is 0. The van der Waals surface area contributed by atoms with Crippen molar-refractivity contribution >= 4 is 10.0 Å². The van der Waals surface area contributed by atoms with Gasteiger partial charge in [-0.1, -0.05) is 39.0 Å². The summed E-state index contributed by atoms with van der Waals surface area (Å²) < 4.78 is 27.4. The summed E-state index contributed by atoms with van der Waals surface area (Å²) in [6, 6.07) is 0.152. The van der Waals surface area contributed by atoms with E-state index in [0.717, 1.165) is 38.6 Å². The fraction of sp³-hybridized carbons (Fsp3) is 1.00. The maximum atomic E-state index is 12.2. The second kappa shape index (κ2) is 8.93. The molecule has 1 aliphatic rings. The second-order valence-corrected chi connectivity index (χ2v) is 7.85. The van der Waals surface area contributed by atoms with E-state index in [1.54, 1.807) is 6.92 Å². The van der Waals surface area contributed by atoms with Crippen LogP contribution in [0.1, 0.15) is 65.2 Å². The zero-order chi connectivity index (χ0) is 14.1. The normalized spacial score (nSPS) is 20.7. The Kier molecular flexibility index (Phi) is 7.95. The van der Waals surface area contributed by atoms with Crippen molar-refractivity contribution in [2.24, 2.45) is 0 Å². The summed E-state index contributed by atoms with van der Waals surface area (Å²) >= 11 is 0. The number of sulfonamides is 1. The van der Waals surface area contributed by atoms with Crippen LogP contribution in [-0.2, 0) is 10.0 Å². The Morgan fingerprint density at radius 2 is 1.68 bits per heavy atom. The van der Waals surface area contributed by atoms with Crippen molar-refractivity contribution in [3.63, 3.8) is 0 Å². The molecule has 1 atom stereocenters. The van der Waals surface area contributed by atoms with Gasteiger partial charge >= 0.3 is 0 Å². The molecule has 0 radical (unpaired) electrons. The van der Waals surface area contributed by atoms with Crippen LogP contribution in [0.5, 0.6) is 0 Å². The molecule has 4 nitrogen and oxygen atoms in total. The van der Waals surface area contributed by atoms with Crippen molar-refractivity contribution in [2.45, 2.75) is 76.5 Å². The summed E-state index contributed by atoms with van der Waals surface area (Å²) in [4.78, 5) is 0. The summed E-state index contributed by atoms with van der Waals surface area (Å²) in [6.45, 7) is 5.28. The van der Waals surface area contributed by atoms with E-state index in [0.29, 0.717) is 6.54 Å². The minimum absolute atomic E-state index is 0.152. The van der Waals surface area contributed by atoms with Gasteiger partial charge in [0, 0.05) is 12.6 Å². The lowest BCUT2D eigenvalue weighted by molar-refractivity contribution is 0.424. The van der Waals surface area contributed by atoms with Crippen LogP contribution in [0.25, 0.3) is 0 Å². The maximum Gasteiger partial charge on any atom is 0.215 e. The van der Waals surface area contributed by atoms with E-state index < -0.39 is 10.0 Å². The van der Waals surface area contributed by atoms with Gasteiger partial charge in [-0.05, 0) is 32.7 Å². The van der Waals surface area contributed by atoms with Crippen LogP contribution >= 0.6 is 0 Å². The van der Waals surface area contributed by atoms with Crippen LogP contribution in [0.2, 0.25) is 0 Å². The van der Waals surface area contributed by atoms with Crippen LogP contribution in [0.4, 0.5) is 0 Å². The molecule has 19 heavy (non-hydrogen) atoms. The molecule has 0 aromatic heterocycles. The quantitative estimate of drug-likeness (QED) is 0.708. The molecule has 114 valence electrons. The van der Waals surface area contributed by atoms with Crippen molar-refractivity contribution in [2.75, 3.05) is 13.1 Å². The second-order valence-electron chi connectivity index (χ2n) is 5.72. The van der Waals surface area contributed by atoms with Gasteiger partial charge in [-0.2, -0.15) is 0 Å². The third kappa shape index (κ3) is 6.72. The highest BCUT2D eigenvalue weighted by Gasteiger charge is 2.24. The van der Waals surface area contributed by atoms with E-state index >= 15 is 0 Å². The van der Waals surface area contributed by atoms with Crippen molar-refractivity contribution in [3.05, 3.63) is 0 Å². The van der Waals surface area contributed by atoms with Crippen LogP contribution in [-0.4, -0.2) is 32.8 Å². The SMILES string of the molecule is CCCNCC(C)S(=O)(=O)NC1CCCCCCC1. The van der Waals surface area contributed by atoms with Gasteiger partial charge in [0.1, 0.15) is 0 Å². The topological polar surface area (TPSA) is 58.2 Å². The first-order chi connectivity index (χ1) is 9.06. The Bertz CT molecular complexity index is 322. The minimum Gasteiger partial charge on any atom is -0.315 e. The van der Waals surface area contributed by atoms with Gasteiger partial charge in [0.25, 0.3) is 0 Å². The number of nitrogens with one attached hydrogen (secondary N) is 2. The zero-order valence-corrected chi connectivity index (χ0v) is 13.3. The molecule has 1 unspecified atom stereocenters. The average Bonchev–Trinajstić information content (AvgIpc) is 2.32. The molecule has 0 aromatic carbocycles. The van der Waals surface area contributed by atoms with Gasteiger partial charge in [-0.25, -0.2) is 13.1 Å². The van der Waals surface area contributed by atoms with Crippen LogP contribution in [0, 0.1) is 0 Å². The molecule has 1 aliphatic carbocycles. The van der Waals surface area contributed by atoms with Crippen molar-refractivity contribution < 1.29 is 8.42 Å². The number of hydrogen-bond acceptors (Lipinski definition) is 3. The van der Waals surface area contributed by atoms with Crippen molar-refractivity contribution in [1.82, 2.24) is 10.0 Å². The van der Waals surface area contributed by atoms with E-state index in [-0.39, 0.29) is 11.3 Å². The number of rotatable bonds is 7. The van der Waals surface area contributed by atoms with Crippen molar-refractivity contribution in [3.8, 4) is 0 Å². The molecule has 2 N–H and O–H groups in total. The summed E-state index contributed by atoms with van der Waals surface area (Å²) in [5, 5.41) is 2.82. The molecule has 0 aromatic rings. The molecule has 0 amide bonds. The maximum absolute atomic E-state index is 12.2. The minimum atomic E-state index is -3.18. The molecule has 0 spiro atoms. The van der Waals surface area contributed by atoms with E-state index in [4.69, 9.17) is 0 Å². The Balaban J connectivity index is 2.42. The largest absolute Gasteiger partial charge is 0.315 e. The predicted molar refractivity (Wildman–Crippen MR) is 80.8 cm³/mol. The molecule has 1 saturated carbocycles. The Morgan fingerprint density at radius 3 is 2.26 bits per heavy atom. The lowest BCUT2D eigenvalue weighted by atomic mass is 9.97. The number of hydrogen-bond donors (Lipinski definition) is 2. The standard InChI is InChI=1S/C14H30N2O2S/c1-3-11-15-12-13(2)19(17,18)16-14-9-7-5-4-6-8-10-14/h13-16H,3-12H2,1-2H3. The fourth-order valence-electron chi connectivity index (χ4n) is 2.51. The molecule has 0 heterocycles. The molecule has 0 bridgehead atoms. The van der Waals surface area contributed by atoms with Gasteiger partial charge in [0.05, 0.1) is 5.25 Å². The van der Waals surface area contributed by atoms with E-state index in [2.05, 4.69) is 17.0 Å². The van der Waals surface area contributed by atoms with E-state index in [9.17, 15) is 8.42 Å². The Hall–Kier alpha value is -0.130. The predicted octanol–water partition coefficient (Wildman–Crippen LogP) is 2.41. The molecule has 1 rings (SSSR count). The lowest BCUT2D eigenvalue weighted by Gasteiger charge is -2.23. The third-order valence-corrected chi connectivity index (χ3v) is 5.71. The first-order valence-corrected chi connectivity index (χ1v) is 9.32. The lowest BCUT2D eigenvalue weighted by Crippen LogP contribution is -2.44. The molecular weight excluding hydrogens is 260 g/mol. The highest BCUT2D eigenvalue weighted by molar-refractivity contribution is 7.90. The smallest absolute Gasteiger partial charge is 0.215 e. The van der Waals surface area contributed by atoms with Crippen molar-refractivity contribution in [1.29, 1.82) is 0 Å². The van der Waals surface area contributed by atoms with Crippen LogP contribution in [0.3, 0.4) is 0 Å². The summed E-state index contributed by atoms with van der Waals surface area (Å²) in [6.07, 6.45) is 9.10. The van der Waals surface area contributed by atoms with Gasteiger partial charge in [-0.3, -0.25) is 0 Å².